The Kier molecular flexibility index (Phi) is 2.50. The van der Waals surface area contributed by atoms with Crippen LogP contribution < -0.4 is 5.73 Å². The first-order chi connectivity index (χ1) is 5.24. The van der Waals surface area contributed by atoms with Crippen molar-refractivity contribution >= 4 is 5.91 Å². The molecule has 11 heavy (non-hydrogen) atoms. The van der Waals surface area contributed by atoms with Crippen molar-refractivity contribution < 1.29 is 4.79 Å². The maximum Gasteiger partial charge on any atom is 0.234 e. The summed E-state index contributed by atoms with van der Waals surface area (Å²) < 4.78 is 0. The summed E-state index contributed by atoms with van der Waals surface area (Å²) in [4.78, 5) is 12.8. The fourth-order valence-electron chi connectivity index (χ4n) is 1.21. The zero-order valence-electron chi connectivity index (χ0n) is 6.42. The van der Waals surface area contributed by atoms with Gasteiger partial charge in [0.15, 0.2) is 0 Å². The summed E-state index contributed by atoms with van der Waals surface area (Å²) in [5, 5.41) is 0. The molecule has 0 bridgehead atoms. The molecule has 1 aliphatic rings. The molecule has 2 N–H and O–H groups in total. The van der Waals surface area contributed by atoms with Crippen LogP contribution in [0.3, 0.4) is 0 Å². The molecule has 0 saturated carbocycles. The Morgan fingerprint density at radius 1 is 1.82 bits per heavy atom. The smallest absolute Gasteiger partial charge is 0.234 e. The van der Waals surface area contributed by atoms with Gasteiger partial charge in [-0.1, -0.05) is 5.92 Å². The van der Waals surface area contributed by atoms with Gasteiger partial charge in [-0.15, -0.1) is 6.42 Å². The Labute approximate surface area is 66.5 Å². The Hall–Kier alpha value is -1.01. The molecular formula is C8H12N2O. The molecule has 1 fully saturated rings. The lowest BCUT2D eigenvalue weighted by molar-refractivity contribution is -0.129. The van der Waals surface area contributed by atoms with Crippen LogP contribution in [0.5, 0.6) is 0 Å². The van der Waals surface area contributed by atoms with Gasteiger partial charge in [-0.3, -0.25) is 4.79 Å². The minimum absolute atomic E-state index is 0.0282. The Balaban J connectivity index is 2.38. The van der Waals surface area contributed by atoms with E-state index in [0.29, 0.717) is 6.54 Å². The summed E-state index contributed by atoms with van der Waals surface area (Å²) >= 11 is 0. The Morgan fingerprint density at radius 2 is 2.55 bits per heavy atom. The van der Waals surface area contributed by atoms with E-state index in [1.165, 1.54) is 0 Å². The average molecular weight is 152 g/mol. The van der Waals surface area contributed by atoms with E-state index >= 15 is 0 Å². The number of amides is 1. The van der Waals surface area contributed by atoms with E-state index in [-0.39, 0.29) is 18.4 Å². The monoisotopic (exact) mass is 152 g/mol. The van der Waals surface area contributed by atoms with Crippen molar-refractivity contribution in [1.29, 1.82) is 0 Å². The molecule has 0 unspecified atom stereocenters. The molecule has 3 heteroatoms. The van der Waals surface area contributed by atoms with Gasteiger partial charge < -0.3 is 10.6 Å². The fraction of sp³-hybridized carbons (Fsp3) is 0.625. The number of carbonyl (C=O) groups is 1. The maximum absolute atomic E-state index is 11.1. The summed E-state index contributed by atoms with van der Waals surface area (Å²) in [5.74, 6) is 2.36. The van der Waals surface area contributed by atoms with Gasteiger partial charge in [-0.25, -0.2) is 0 Å². The van der Waals surface area contributed by atoms with Crippen LogP contribution in [0.1, 0.15) is 12.8 Å². The summed E-state index contributed by atoms with van der Waals surface area (Å²) in [6.45, 7) is 1.43. The lowest BCUT2D eigenvalue weighted by atomic mass is 10.3. The van der Waals surface area contributed by atoms with Crippen molar-refractivity contribution in [2.75, 3.05) is 13.1 Å². The van der Waals surface area contributed by atoms with Crippen molar-refractivity contribution in [2.45, 2.75) is 18.9 Å². The highest BCUT2D eigenvalue weighted by molar-refractivity contribution is 5.78. The quantitative estimate of drug-likeness (QED) is 0.518. The van der Waals surface area contributed by atoms with Gasteiger partial charge in [0.05, 0.1) is 6.42 Å². The van der Waals surface area contributed by atoms with Gasteiger partial charge in [0.1, 0.15) is 0 Å². The minimum Gasteiger partial charge on any atom is -0.340 e. The van der Waals surface area contributed by atoms with Crippen LogP contribution in [0.2, 0.25) is 0 Å². The highest BCUT2D eigenvalue weighted by Gasteiger charge is 2.22. The Morgan fingerprint density at radius 3 is 3.00 bits per heavy atom. The number of likely N-dealkylation sites (tertiary alicyclic amines) is 1. The molecule has 0 aliphatic carbocycles. The van der Waals surface area contributed by atoms with E-state index in [1.54, 1.807) is 4.90 Å². The van der Waals surface area contributed by atoms with E-state index < -0.39 is 0 Å². The van der Waals surface area contributed by atoms with Crippen LogP contribution in [0.25, 0.3) is 0 Å². The molecule has 1 amide bonds. The van der Waals surface area contributed by atoms with Crippen LogP contribution in [0.4, 0.5) is 0 Å². The van der Waals surface area contributed by atoms with Crippen LogP contribution >= 0.6 is 0 Å². The first-order valence-corrected chi connectivity index (χ1v) is 3.71. The molecule has 1 saturated heterocycles. The van der Waals surface area contributed by atoms with Crippen LogP contribution in [0.15, 0.2) is 0 Å². The molecule has 0 aromatic carbocycles. The van der Waals surface area contributed by atoms with E-state index in [0.717, 1.165) is 13.0 Å². The Bertz CT molecular complexity index is 195. The first-order valence-electron chi connectivity index (χ1n) is 3.71. The highest BCUT2D eigenvalue weighted by Crippen LogP contribution is 2.07. The van der Waals surface area contributed by atoms with Gasteiger partial charge in [-0.05, 0) is 6.42 Å². The van der Waals surface area contributed by atoms with Crippen molar-refractivity contribution in [3.8, 4) is 12.3 Å². The number of hydrogen-bond acceptors (Lipinski definition) is 2. The third-order valence-corrected chi connectivity index (χ3v) is 1.83. The van der Waals surface area contributed by atoms with E-state index in [1.807, 2.05) is 0 Å². The molecule has 0 spiro atoms. The van der Waals surface area contributed by atoms with Crippen molar-refractivity contribution in [2.24, 2.45) is 5.73 Å². The molecule has 0 aromatic heterocycles. The van der Waals surface area contributed by atoms with Crippen molar-refractivity contribution in [3.05, 3.63) is 0 Å². The number of rotatable bonds is 1. The molecule has 1 rings (SSSR count). The van der Waals surface area contributed by atoms with Crippen LogP contribution in [-0.2, 0) is 4.79 Å². The van der Waals surface area contributed by atoms with Gasteiger partial charge in [0, 0.05) is 19.1 Å². The fourth-order valence-corrected chi connectivity index (χ4v) is 1.21. The zero-order chi connectivity index (χ0) is 8.27. The molecular weight excluding hydrogens is 140 g/mol. The van der Waals surface area contributed by atoms with Gasteiger partial charge in [0.25, 0.3) is 0 Å². The molecule has 0 radical (unpaired) electrons. The second-order valence-corrected chi connectivity index (χ2v) is 2.77. The van der Waals surface area contributed by atoms with E-state index in [4.69, 9.17) is 12.2 Å². The van der Waals surface area contributed by atoms with Gasteiger partial charge in [0.2, 0.25) is 5.91 Å². The SMILES string of the molecule is C#CCC(=O)N1CC[C@@H](N)C1. The molecule has 1 heterocycles. The summed E-state index contributed by atoms with van der Waals surface area (Å²) in [7, 11) is 0. The first kappa shape index (κ1) is 8.09. The van der Waals surface area contributed by atoms with E-state index in [9.17, 15) is 4.79 Å². The molecule has 3 nitrogen and oxygen atoms in total. The predicted molar refractivity (Wildman–Crippen MR) is 42.6 cm³/mol. The number of carbonyl (C=O) groups excluding carboxylic acids is 1. The summed E-state index contributed by atoms with van der Waals surface area (Å²) in [6, 6.07) is 0.150. The zero-order valence-corrected chi connectivity index (χ0v) is 6.42. The minimum atomic E-state index is 0.0282. The lowest BCUT2D eigenvalue weighted by Gasteiger charge is -2.13. The van der Waals surface area contributed by atoms with Crippen LogP contribution in [0, 0.1) is 12.3 Å². The van der Waals surface area contributed by atoms with Gasteiger partial charge >= 0.3 is 0 Å². The predicted octanol–water partition coefficient (Wildman–Crippen LogP) is -0.431. The molecule has 0 aromatic rings. The van der Waals surface area contributed by atoms with Gasteiger partial charge in [-0.2, -0.15) is 0 Å². The third kappa shape index (κ3) is 1.95. The third-order valence-electron chi connectivity index (χ3n) is 1.83. The standard InChI is InChI=1S/C8H12N2O/c1-2-3-8(11)10-5-4-7(9)6-10/h1,7H,3-6,9H2/t7-/m1/s1. The second kappa shape index (κ2) is 3.40. The summed E-state index contributed by atoms with van der Waals surface area (Å²) in [6.07, 6.45) is 6.10. The average Bonchev–Trinajstić information content (AvgIpc) is 2.36. The topological polar surface area (TPSA) is 46.3 Å². The normalized spacial score (nSPS) is 23.3. The van der Waals surface area contributed by atoms with E-state index in [2.05, 4.69) is 5.92 Å². The number of terminal acetylenes is 1. The lowest BCUT2D eigenvalue weighted by Crippen LogP contribution is -2.31. The van der Waals surface area contributed by atoms with Crippen LogP contribution in [-0.4, -0.2) is 29.9 Å². The van der Waals surface area contributed by atoms with Crippen molar-refractivity contribution in [1.82, 2.24) is 4.90 Å². The van der Waals surface area contributed by atoms with Crippen molar-refractivity contribution in [3.63, 3.8) is 0 Å². The maximum atomic E-state index is 11.1. The summed E-state index contributed by atoms with van der Waals surface area (Å²) in [5.41, 5.74) is 5.61. The number of nitrogens with zero attached hydrogens (tertiary/aromatic N) is 1. The second-order valence-electron chi connectivity index (χ2n) is 2.77. The number of nitrogens with two attached hydrogens (primary N) is 1. The molecule has 60 valence electrons. The highest BCUT2D eigenvalue weighted by atomic mass is 16.2. The molecule has 1 atom stereocenters. The largest absolute Gasteiger partial charge is 0.340 e. The molecule has 1 aliphatic heterocycles. The number of hydrogen-bond donors (Lipinski definition) is 1.